The highest BCUT2D eigenvalue weighted by atomic mass is 79.9. The van der Waals surface area contributed by atoms with E-state index >= 15 is 0 Å². The van der Waals surface area contributed by atoms with Crippen molar-refractivity contribution in [2.75, 3.05) is 25.6 Å². The van der Waals surface area contributed by atoms with Gasteiger partial charge in [0.2, 0.25) is 0 Å². The second-order valence-corrected chi connectivity index (χ2v) is 5.15. The Morgan fingerprint density at radius 1 is 1.10 bits per heavy atom. The minimum Gasteiger partial charge on any atom is -0.496 e. The number of hydrogen-bond acceptors (Lipinski definition) is 3. The van der Waals surface area contributed by atoms with Gasteiger partial charge in [0.15, 0.2) is 0 Å². The summed E-state index contributed by atoms with van der Waals surface area (Å²) in [5, 5.41) is 3.36. The van der Waals surface area contributed by atoms with Crippen LogP contribution in [0.4, 0.5) is 5.69 Å². The van der Waals surface area contributed by atoms with Crippen LogP contribution < -0.4 is 14.8 Å². The Kier molecular flexibility index (Phi) is 5.74. The molecule has 0 aliphatic carbocycles. The van der Waals surface area contributed by atoms with Gasteiger partial charge < -0.3 is 14.8 Å². The highest BCUT2D eigenvalue weighted by molar-refractivity contribution is 9.10. The molecule has 106 valence electrons. The number of nitrogens with one attached hydrogen (secondary N) is 1. The predicted molar refractivity (Wildman–Crippen MR) is 85.7 cm³/mol. The summed E-state index contributed by atoms with van der Waals surface area (Å²) in [7, 11) is 1.66. The van der Waals surface area contributed by atoms with Crippen LogP contribution in [0.1, 0.15) is 6.42 Å². The zero-order valence-corrected chi connectivity index (χ0v) is 13.0. The minimum atomic E-state index is 0.703. The van der Waals surface area contributed by atoms with E-state index in [0.717, 1.165) is 34.6 Å². The first-order chi connectivity index (χ1) is 9.79. The number of ether oxygens (including phenoxy) is 2. The molecule has 0 atom stereocenters. The maximum absolute atomic E-state index is 5.63. The largest absolute Gasteiger partial charge is 0.496 e. The number of methoxy groups -OCH3 is 1. The summed E-state index contributed by atoms with van der Waals surface area (Å²) in [5.41, 5.74) is 1.07. The Hall–Kier alpha value is -1.68. The van der Waals surface area contributed by atoms with Gasteiger partial charge in [-0.25, -0.2) is 0 Å². The lowest BCUT2D eigenvalue weighted by molar-refractivity contribution is 0.315. The Morgan fingerprint density at radius 2 is 1.90 bits per heavy atom. The van der Waals surface area contributed by atoms with Gasteiger partial charge in [-0.2, -0.15) is 0 Å². The fourth-order valence-electron chi connectivity index (χ4n) is 1.79. The number of benzene rings is 2. The molecule has 0 aliphatic heterocycles. The summed E-state index contributed by atoms with van der Waals surface area (Å²) in [6, 6.07) is 15.8. The predicted octanol–water partition coefficient (Wildman–Crippen LogP) is 4.34. The van der Waals surface area contributed by atoms with E-state index in [2.05, 4.69) is 21.2 Å². The fourth-order valence-corrected chi connectivity index (χ4v) is 2.33. The molecule has 2 aromatic rings. The Balaban J connectivity index is 1.69. The van der Waals surface area contributed by atoms with Crippen molar-refractivity contribution in [3.63, 3.8) is 0 Å². The van der Waals surface area contributed by atoms with Gasteiger partial charge >= 0.3 is 0 Å². The molecule has 0 saturated carbocycles. The summed E-state index contributed by atoms with van der Waals surface area (Å²) in [6.45, 7) is 1.57. The van der Waals surface area contributed by atoms with Crippen LogP contribution in [0.2, 0.25) is 0 Å². The third-order valence-corrected chi connectivity index (χ3v) is 3.43. The Morgan fingerprint density at radius 3 is 2.60 bits per heavy atom. The SMILES string of the molecule is COc1ccc(NCCCOc2ccccc2)cc1Br. The van der Waals surface area contributed by atoms with Crippen LogP contribution in [0.15, 0.2) is 53.0 Å². The van der Waals surface area contributed by atoms with Crippen LogP contribution in [0.5, 0.6) is 11.5 Å². The quantitative estimate of drug-likeness (QED) is 0.763. The van der Waals surface area contributed by atoms with Gasteiger partial charge in [0.05, 0.1) is 18.2 Å². The first-order valence-electron chi connectivity index (χ1n) is 6.55. The van der Waals surface area contributed by atoms with Crippen molar-refractivity contribution >= 4 is 21.6 Å². The lowest BCUT2D eigenvalue weighted by Gasteiger charge is -2.10. The zero-order valence-electron chi connectivity index (χ0n) is 11.4. The minimum absolute atomic E-state index is 0.703. The molecule has 2 rings (SSSR count). The lowest BCUT2D eigenvalue weighted by atomic mass is 10.3. The number of hydrogen-bond donors (Lipinski definition) is 1. The van der Waals surface area contributed by atoms with Crippen LogP contribution in [0.25, 0.3) is 0 Å². The van der Waals surface area contributed by atoms with Gasteiger partial charge in [0, 0.05) is 12.2 Å². The van der Waals surface area contributed by atoms with Crippen LogP contribution in [0, 0.1) is 0 Å². The van der Waals surface area contributed by atoms with Crippen LogP contribution >= 0.6 is 15.9 Å². The maximum atomic E-state index is 5.63. The van der Waals surface area contributed by atoms with Crippen molar-refractivity contribution in [3.8, 4) is 11.5 Å². The van der Waals surface area contributed by atoms with Crippen LogP contribution in [0.3, 0.4) is 0 Å². The van der Waals surface area contributed by atoms with Crippen molar-refractivity contribution in [2.45, 2.75) is 6.42 Å². The smallest absolute Gasteiger partial charge is 0.133 e. The average molecular weight is 336 g/mol. The monoisotopic (exact) mass is 335 g/mol. The molecule has 0 aliphatic rings. The van der Waals surface area contributed by atoms with Gasteiger partial charge in [-0.3, -0.25) is 0 Å². The van der Waals surface area contributed by atoms with E-state index in [1.807, 2.05) is 48.5 Å². The zero-order chi connectivity index (χ0) is 14.2. The van der Waals surface area contributed by atoms with E-state index in [1.165, 1.54) is 0 Å². The number of halogens is 1. The van der Waals surface area contributed by atoms with Gasteiger partial charge in [0.1, 0.15) is 11.5 Å². The normalized spacial score (nSPS) is 10.1. The van der Waals surface area contributed by atoms with Crippen molar-refractivity contribution < 1.29 is 9.47 Å². The standard InChI is InChI=1S/C16H18BrNO2/c1-19-16-9-8-13(12-15(16)17)18-10-5-11-20-14-6-3-2-4-7-14/h2-4,6-9,12,18H,5,10-11H2,1H3. The molecule has 20 heavy (non-hydrogen) atoms. The third-order valence-electron chi connectivity index (χ3n) is 2.81. The summed E-state index contributed by atoms with van der Waals surface area (Å²) in [4.78, 5) is 0. The molecular weight excluding hydrogens is 318 g/mol. The Bertz CT molecular complexity index is 531. The lowest BCUT2D eigenvalue weighted by Crippen LogP contribution is -2.07. The van der Waals surface area contributed by atoms with Gasteiger partial charge in [-0.1, -0.05) is 18.2 Å². The molecule has 0 unspecified atom stereocenters. The summed E-state index contributed by atoms with van der Waals surface area (Å²) in [6.07, 6.45) is 0.943. The molecule has 0 radical (unpaired) electrons. The van der Waals surface area contributed by atoms with Crippen molar-refractivity contribution in [1.82, 2.24) is 0 Å². The van der Waals surface area contributed by atoms with E-state index in [0.29, 0.717) is 6.61 Å². The Labute approximate surface area is 128 Å². The van der Waals surface area contributed by atoms with Gasteiger partial charge in [-0.05, 0) is 52.7 Å². The number of rotatable bonds is 7. The summed E-state index contributed by atoms with van der Waals surface area (Å²) in [5.74, 6) is 1.75. The molecule has 0 saturated heterocycles. The first kappa shape index (κ1) is 14.7. The van der Waals surface area contributed by atoms with Crippen molar-refractivity contribution in [1.29, 1.82) is 0 Å². The first-order valence-corrected chi connectivity index (χ1v) is 7.34. The van der Waals surface area contributed by atoms with Gasteiger partial charge in [-0.15, -0.1) is 0 Å². The highest BCUT2D eigenvalue weighted by Crippen LogP contribution is 2.27. The molecule has 0 spiro atoms. The highest BCUT2D eigenvalue weighted by Gasteiger charge is 2.00. The topological polar surface area (TPSA) is 30.5 Å². The third kappa shape index (κ3) is 4.46. The molecule has 0 heterocycles. The van der Waals surface area contributed by atoms with Crippen molar-refractivity contribution in [2.24, 2.45) is 0 Å². The fraction of sp³-hybridized carbons (Fsp3) is 0.250. The van der Waals surface area contributed by atoms with Gasteiger partial charge in [0.25, 0.3) is 0 Å². The van der Waals surface area contributed by atoms with E-state index in [-0.39, 0.29) is 0 Å². The van der Waals surface area contributed by atoms with E-state index < -0.39 is 0 Å². The molecule has 4 heteroatoms. The maximum Gasteiger partial charge on any atom is 0.133 e. The average Bonchev–Trinajstić information content (AvgIpc) is 2.48. The van der Waals surface area contributed by atoms with Crippen LogP contribution in [-0.2, 0) is 0 Å². The summed E-state index contributed by atoms with van der Waals surface area (Å²) >= 11 is 3.47. The molecule has 0 aromatic heterocycles. The molecule has 0 amide bonds. The molecule has 3 nitrogen and oxygen atoms in total. The van der Waals surface area contributed by atoms with E-state index in [1.54, 1.807) is 7.11 Å². The number of para-hydroxylation sites is 1. The van der Waals surface area contributed by atoms with Crippen molar-refractivity contribution in [3.05, 3.63) is 53.0 Å². The summed E-state index contributed by atoms with van der Waals surface area (Å²) < 4.78 is 11.8. The van der Waals surface area contributed by atoms with Crippen LogP contribution in [-0.4, -0.2) is 20.3 Å². The molecular formula is C16H18BrNO2. The molecule has 1 N–H and O–H groups in total. The van der Waals surface area contributed by atoms with E-state index in [9.17, 15) is 0 Å². The molecule has 0 fully saturated rings. The number of anilines is 1. The second kappa shape index (κ2) is 7.80. The molecule has 0 bridgehead atoms. The second-order valence-electron chi connectivity index (χ2n) is 4.29. The molecule has 2 aromatic carbocycles. The van der Waals surface area contributed by atoms with E-state index in [4.69, 9.17) is 9.47 Å².